The van der Waals surface area contributed by atoms with Gasteiger partial charge in [0.15, 0.2) is 5.78 Å². The maximum absolute atomic E-state index is 13.3. The second kappa shape index (κ2) is 10.3. The molecule has 2 fully saturated rings. The molecular formula is C23H35N3O5. The number of methoxy groups -OCH3 is 1. The fraction of sp³-hybridized carbons (Fsp3) is 0.696. The maximum atomic E-state index is 13.3. The van der Waals surface area contributed by atoms with Crippen molar-refractivity contribution >= 4 is 17.8 Å². The van der Waals surface area contributed by atoms with Gasteiger partial charge in [0.2, 0.25) is 0 Å². The van der Waals surface area contributed by atoms with Crippen LogP contribution in [0.3, 0.4) is 0 Å². The van der Waals surface area contributed by atoms with E-state index in [-0.39, 0.29) is 30.5 Å². The number of hydrogen-bond acceptors (Lipinski definition) is 5. The van der Waals surface area contributed by atoms with Crippen molar-refractivity contribution in [2.75, 3.05) is 26.8 Å². The molecular weight excluding hydrogens is 398 g/mol. The number of rotatable bonds is 7. The summed E-state index contributed by atoms with van der Waals surface area (Å²) in [5.41, 5.74) is 2.11. The Morgan fingerprint density at radius 3 is 2.45 bits per heavy atom. The van der Waals surface area contributed by atoms with Crippen LogP contribution in [0.15, 0.2) is 0 Å². The van der Waals surface area contributed by atoms with Crippen LogP contribution in [-0.4, -0.2) is 66.2 Å². The number of ketones is 1. The molecule has 8 heteroatoms. The highest BCUT2D eigenvalue weighted by molar-refractivity contribution is 6.04. The van der Waals surface area contributed by atoms with E-state index in [1.165, 1.54) is 13.5 Å². The zero-order valence-corrected chi connectivity index (χ0v) is 19.2. The summed E-state index contributed by atoms with van der Waals surface area (Å²) in [6.45, 7) is 4.58. The predicted molar refractivity (Wildman–Crippen MR) is 117 cm³/mol. The molecule has 1 aliphatic heterocycles. The summed E-state index contributed by atoms with van der Waals surface area (Å²) in [5, 5.41) is 3.12. The molecule has 2 heterocycles. The molecule has 0 bridgehead atoms. The Morgan fingerprint density at radius 1 is 1.13 bits per heavy atom. The summed E-state index contributed by atoms with van der Waals surface area (Å²) in [7, 11) is 3.07. The van der Waals surface area contributed by atoms with E-state index >= 15 is 0 Å². The second-order valence-corrected chi connectivity index (χ2v) is 8.71. The first-order valence-electron chi connectivity index (χ1n) is 11.3. The van der Waals surface area contributed by atoms with Gasteiger partial charge in [0.05, 0.1) is 19.8 Å². The van der Waals surface area contributed by atoms with Gasteiger partial charge in [-0.05, 0) is 45.1 Å². The van der Waals surface area contributed by atoms with Crippen molar-refractivity contribution < 1.29 is 23.9 Å². The Bertz CT molecular complexity index is 820. The molecule has 31 heavy (non-hydrogen) atoms. The van der Waals surface area contributed by atoms with E-state index in [4.69, 9.17) is 9.47 Å². The molecule has 1 unspecified atom stereocenters. The van der Waals surface area contributed by atoms with E-state index in [0.717, 1.165) is 38.5 Å². The number of carbonyl (C=O) groups is 3. The number of Topliss-reactive ketones (excluding diaryl/α,β-unsaturated/α-hetero) is 1. The molecule has 1 saturated heterocycles. The minimum atomic E-state index is -0.478. The van der Waals surface area contributed by atoms with Crippen LogP contribution in [0.5, 0.6) is 0 Å². The fourth-order valence-corrected chi connectivity index (χ4v) is 4.79. The Kier molecular flexibility index (Phi) is 7.75. The van der Waals surface area contributed by atoms with Crippen LogP contribution < -0.4 is 5.32 Å². The summed E-state index contributed by atoms with van der Waals surface area (Å²) in [4.78, 5) is 40.2. The number of nitrogens with zero attached hydrogens (tertiary/aromatic N) is 2. The van der Waals surface area contributed by atoms with Gasteiger partial charge in [-0.1, -0.05) is 19.3 Å². The molecule has 1 aliphatic carbocycles. The average Bonchev–Trinajstić information content (AvgIpc) is 3.34. The van der Waals surface area contributed by atoms with Crippen molar-refractivity contribution in [1.29, 1.82) is 0 Å². The molecule has 1 N–H and O–H groups in total. The Labute approximate surface area is 184 Å². The van der Waals surface area contributed by atoms with E-state index in [1.807, 2.05) is 0 Å². The third-order valence-corrected chi connectivity index (χ3v) is 6.59. The molecule has 2 amide bonds. The van der Waals surface area contributed by atoms with Crippen molar-refractivity contribution in [3.63, 3.8) is 0 Å². The summed E-state index contributed by atoms with van der Waals surface area (Å²) < 4.78 is 12.3. The van der Waals surface area contributed by atoms with Gasteiger partial charge in [-0.3, -0.25) is 4.79 Å². The van der Waals surface area contributed by atoms with Gasteiger partial charge in [0.1, 0.15) is 5.69 Å². The van der Waals surface area contributed by atoms with E-state index in [1.54, 1.807) is 30.4 Å². The lowest BCUT2D eigenvalue weighted by Crippen LogP contribution is -2.49. The molecule has 172 valence electrons. The minimum absolute atomic E-state index is 0.0477. The first kappa shape index (κ1) is 23.3. The van der Waals surface area contributed by atoms with Crippen molar-refractivity contribution in [2.45, 2.75) is 70.9 Å². The minimum Gasteiger partial charge on any atom is -0.464 e. The molecule has 1 aromatic rings. The number of esters is 1. The van der Waals surface area contributed by atoms with Crippen LogP contribution >= 0.6 is 0 Å². The summed E-state index contributed by atoms with van der Waals surface area (Å²) >= 11 is 0. The number of ether oxygens (including phenoxy) is 2. The van der Waals surface area contributed by atoms with Crippen molar-refractivity contribution in [1.82, 2.24) is 14.8 Å². The largest absolute Gasteiger partial charge is 0.464 e. The van der Waals surface area contributed by atoms with Crippen LogP contribution in [0, 0.1) is 13.8 Å². The lowest BCUT2D eigenvalue weighted by atomic mass is 9.96. The molecule has 0 radical (unpaired) electrons. The van der Waals surface area contributed by atoms with Gasteiger partial charge in [0.25, 0.3) is 0 Å². The normalized spacial score (nSPS) is 19.3. The van der Waals surface area contributed by atoms with Crippen LogP contribution in [0.2, 0.25) is 0 Å². The molecule has 1 aromatic heterocycles. The highest BCUT2D eigenvalue weighted by atomic mass is 16.5. The van der Waals surface area contributed by atoms with Gasteiger partial charge >= 0.3 is 12.0 Å². The SMILES string of the molecule is COC(=O)c1c(C)c(C(=O)CN(CC2CCCO2)C(=O)NC2CCCCC2)c(C)n1C. The Morgan fingerprint density at radius 2 is 1.84 bits per heavy atom. The smallest absolute Gasteiger partial charge is 0.354 e. The van der Waals surface area contributed by atoms with Gasteiger partial charge < -0.3 is 24.3 Å². The molecule has 2 aliphatic rings. The number of nitrogens with one attached hydrogen (secondary N) is 1. The molecule has 1 saturated carbocycles. The first-order valence-corrected chi connectivity index (χ1v) is 11.3. The van der Waals surface area contributed by atoms with Crippen LogP contribution in [0.4, 0.5) is 4.79 Å². The molecule has 0 spiro atoms. The predicted octanol–water partition coefficient (Wildman–Crippen LogP) is 3.13. The molecule has 0 aromatic carbocycles. The number of carbonyl (C=O) groups excluding carboxylic acids is 3. The van der Waals surface area contributed by atoms with Crippen LogP contribution in [0.25, 0.3) is 0 Å². The monoisotopic (exact) mass is 433 g/mol. The van der Waals surface area contributed by atoms with Crippen molar-refractivity contribution in [2.24, 2.45) is 7.05 Å². The van der Waals surface area contributed by atoms with Gasteiger partial charge in [0, 0.05) is 37.5 Å². The van der Waals surface area contributed by atoms with Gasteiger partial charge in [-0.25, -0.2) is 9.59 Å². The molecule has 3 rings (SSSR count). The third kappa shape index (κ3) is 5.29. The van der Waals surface area contributed by atoms with Crippen LogP contribution in [-0.2, 0) is 16.5 Å². The van der Waals surface area contributed by atoms with Gasteiger partial charge in [-0.15, -0.1) is 0 Å². The standard InChI is InChI=1S/C23H35N3O5/c1-15-20(16(2)25(3)21(15)22(28)30-4)19(27)14-26(13-18-11-8-12-31-18)23(29)24-17-9-6-5-7-10-17/h17-18H,5-14H2,1-4H3,(H,24,29). The quantitative estimate of drug-likeness (QED) is 0.527. The zero-order chi connectivity index (χ0) is 22.5. The van der Waals surface area contributed by atoms with Crippen LogP contribution in [0.1, 0.15) is 77.0 Å². The summed E-state index contributed by atoms with van der Waals surface area (Å²) in [5.74, 6) is -0.661. The van der Waals surface area contributed by atoms with E-state index in [2.05, 4.69) is 5.32 Å². The first-order chi connectivity index (χ1) is 14.8. The van der Waals surface area contributed by atoms with E-state index < -0.39 is 5.97 Å². The zero-order valence-electron chi connectivity index (χ0n) is 19.2. The number of aromatic nitrogens is 1. The Balaban J connectivity index is 1.79. The molecule has 1 atom stereocenters. The maximum Gasteiger partial charge on any atom is 0.354 e. The summed E-state index contributed by atoms with van der Waals surface area (Å²) in [6.07, 6.45) is 7.21. The highest BCUT2D eigenvalue weighted by Crippen LogP contribution is 2.24. The van der Waals surface area contributed by atoms with E-state index in [0.29, 0.717) is 35.7 Å². The number of urea groups is 1. The second-order valence-electron chi connectivity index (χ2n) is 8.71. The molecule has 8 nitrogen and oxygen atoms in total. The lowest BCUT2D eigenvalue weighted by Gasteiger charge is -2.29. The third-order valence-electron chi connectivity index (χ3n) is 6.59. The highest BCUT2D eigenvalue weighted by Gasteiger charge is 2.30. The van der Waals surface area contributed by atoms with Gasteiger partial charge in [-0.2, -0.15) is 0 Å². The van der Waals surface area contributed by atoms with E-state index in [9.17, 15) is 14.4 Å². The number of hydrogen-bond donors (Lipinski definition) is 1. The fourth-order valence-electron chi connectivity index (χ4n) is 4.79. The average molecular weight is 434 g/mol. The summed E-state index contributed by atoms with van der Waals surface area (Å²) in [6, 6.07) is -0.0512. The topological polar surface area (TPSA) is 89.9 Å². The number of amides is 2. The lowest BCUT2D eigenvalue weighted by molar-refractivity contribution is 0.0588. The van der Waals surface area contributed by atoms with Crippen molar-refractivity contribution in [3.05, 3.63) is 22.5 Å². The Hall–Kier alpha value is -2.35. The van der Waals surface area contributed by atoms with Crippen molar-refractivity contribution in [3.8, 4) is 0 Å².